The summed E-state index contributed by atoms with van der Waals surface area (Å²) in [5, 5.41) is 32.2. The van der Waals surface area contributed by atoms with Gasteiger partial charge in [-0.2, -0.15) is 46.2 Å². The van der Waals surface area contributed by atoms with Gasteiger partial charge in [0, 0.05) is 105 Å². The monoisotopic (exact) mass is 1090 g/mol. The Morgan fingerprint density at radius 1 is 1.05 bits per heavy atom. The van der Waals surface area contributed by atoms with Gasteiger partial charge in [-0.15, -0.1) is 0 Å². The molecule has 8 rings (SSSR count). The smallest absolute Gasteiger partial charge is 0.385 e. The average molecular weight is 1080 g/mol. The number of rotatable bonds is 8. The minimum Gasteiger partial charge on any atom is -0.385 e. The van der Waals surface area contributed by atoms with Gasteiger partial charge in [0.25, 0.3) is 12.3 Å². The largest absolute Gasteiger partial charge is 1.00 e. The minimum atomic E-state index is -2.71. The number of amidine groups is 1. The molecule has 2 fully saturated rings. The summed E-state index contributed by atoms with van der Waals surface area (Å²) in [5.74, 6) is 0.638. The molecule has 18 heteroatoms. The van der Waals surface area contributed by atoms with Gasteiger partial charge in [0.1, 0.15) is 5.84 Å². The number of nitriles is 1. The number of aromatic nitrogens is 4. The molecular formula is C47H56ClF2N12O2Os. The summed E-state index contributed by atoms with van der Waals surface area (Å²) >= 11 is 5.57. The second-order valence-corrected chi connectivity index (χ2v) is 18.7. The number of benzene rings is 2. The van der Waals surface area contributed by atoms with Crippen LogP contribution in [0.3, 0.4) is 0 Å². The molecule has 65 heavy (non-hydrogen) atoms. The molecule has 4 aromatic rings. The molecule has 0 bridgehead atoms. The average Bonchev–Trinajstić information content (AvgIpc) is 3.73. The molecule has 14 nitrogen and oxygen atoms in total. The number of alkyl halides is 2. The van der Waals surface area contributed by atoms with Gasteiger partial charge in [0.15, 0.2) is 0 Å². The topological polar surface area (TPSA) is 171 Å². The second-order valence-electron chi connectivity index (χ2n) is 18.3. The van der Waals surface area contributed by atoms with E-state index in [2.05, 4.69) is 69.7 Å². The molecule has 4 N–H and O–H groups in total. The number of anilines is 2. The number of aryl methyl sites for hydroxylation is 2. The van der Waals surface area contributed by atoms with Crippen molar-refractivity contribution in [2.24, 2.45) is 17.9 Å². The summed E-state index contributed by atoms with van der Waals surface area (Å²) in [5.41, 5.74) is 5.12. The van der Waals surface area contributed by atoms with E-state index in [1.165, 1.54) is 6.07 Å². The van der Waals surface area contributed by atoms with Crippen molar-refractivity contribution in [1.82, 2.24) is 40.6 Å². The van der Waals surface area contributed by atoms with E-state index < -0.39 is 6.43 Å². The predicted molar refractivity (Wildman–Crippen MR) is 244 cm³/mol. The van der Waals surface area contributed by atoms with Gasteiger partial charge in [-0.05, 0) is 71.8 Å². The van der Waals surface area contributed by atoms with E-state index in [-0.39, 0.29) is 72.6 Å². The zero-order valence-corrected chi connectivity index (χ0v) is 40.9. The number of urea groups is 1. The molecule has 5 heterocycles. The molecule has 1 saturated heterocycles. The van der Waals surface area contributed by atoms with E-state index in [0.29, 0.717) is 83.5 Å². The SMILES string of the molecule is CNC(=O)N1CCC(NC2CCN(c3ncc(C(=O)NC4C(C)(C)CC4(C)C)cn3)CC2)=C(C(=N)N2CCCc3cc(-c4cnn(C)c4)c(C(F)F)cc32)C1.N#Cc1cc[c-]cc1Cl.[Os+]. The Bertz CT molecular complexity index is 2450. The number of piperidine rings is 1. The fourth-order valence-corrected chi connectivity index (χ4v) is 10.2. The Hall–Kier alpha value is -5.44. The number of hydrogen-bond donors (Lipinski definition) is 4. The Balaban J connectivity index is 0.000000626. The molecule has 3 aliphatic heterocycles. The number of nitrogens with zero attached hydrogens (tertiary/aromatic N) is 8. The maximum Gasteiger partial charge on any atom is 1.00 e. The van der Waals surface area contributed by atoms with Crippen LogP contribution >= 0.6 is 11.6 Å². The molecule has 1 radical (unpaired) electrons. The minimum absolute atomic E-state index is 0. The maximum atomic E-state index is 14.6. The fraction of sp³-hybridized carbons (Fsp3) is 0.468. The van der Waals surface area contributed by atoms with Gasteiger partial charge < -0.3 is 30.7 Å². The first kappa shape index (κ1) is 49.0. The first-order chi connectivity index (χ1) is 30.5. The van der Waals surface area contributed by atoms with E-state index in [0.717, 1.165) is 36.9 Å². The van der Waals surface area contributed by atoms with E-state index >= 15 is 0 Å². The van der Waals surface area contributed by atoms with Crippen LogP contribution in [0.15, 0.2) is 66.4 Å². The van der Waals surface area contributed by atoms with E-state index in [1.54, 1.807) is 66.7 Å². The Labute approximate surface area is 397 Å². The summed E-state index contributed by atoms with van der Waals surface area (Å²) in [7, 11) is 3.35. The Morgan fingerprint density at radius 2 is 1.75 bits per heavy atom. The van der Waals surface area contributed by atoms with Crippen LogP contribution in [0.5, 0.6) is 0 Å². The summed E-state index contributed by atoms with van der Waals surface area (Å²) in [6, 6.07) is 12.9. The summed E-state index contributed by atoms with van der Waals surface area (Å²) in [6.07, 6.45) is 8.47. The van der Waals surface area contributed by atoms with Crippen molar-refractivity contribution in [3.63, 3.8) is 0 Å². The zero-order valence-electron chi connectivity index (χ0n) is 37.6. The van der Waals surface area contributed by atoms with Gasteiger partial charge in [-0.1, -0.05) is 32.7 Å². The molecule has 1 aliphatic carbocycles. The van der Waals surface area contributed by atoms with Crippen LogP contribution in [0.2, 0.25) is 5.02 Å². The number of nitrogens with one attached hydrogen (secondary N) is 4. The first-order valence-electron chi connectivity index (χ1n) is 21.7. The number of amides is 3. The van der Waals surface area contributed by atoms with Gasteiger partial charge in [0.2, 0.25) is 5.95 Å². The molecule has 4 aliphatic rings. The summed E-state index contributed by atoms with van der Waals surface area (Å²) in [4.78, 5) is 40.6. The molecule has 0 atom stereocenters. The van der Waals surface area contributed by atoms with Gasteiger partial charge in [0.05, 0.1) is 24.4 Å². The predicted octanol–water partition coefficient (Wildman–Crippen LogP) is 7.67. The molecule has 0 spiro atoms. The van der Waals surface area contributed by atoms with Crippen molar-refractivity contribution in [3.8, 4) is 17.2 Å². The van der Waals surface area contributed by atoms with Crippen molar-refractivity contribution in [1.29, 1.82) is 10.7 Å². The summed E-state index contributed by atoms with van der Waals surface area (Å²) < 4.78 is 30.7. The van der Waals surface area contributed by atoms with Crippen LogP contribution in [-0.2, 0) is 33.3 Å². The van der Waals surface area contributed by atoms with Crippen molar-refractivity contribution >= 4 is 41.0 Å². The number of halogens is 3. The fourth-order valence-electron chi connectivity index (χ4n) is 9.99. The number of carbonyl (C=O) groups excluding carboxylic acids is 2. The van der Waals surface area contributed by atoms with Gasteiger partial charge in [-0.25, -0.2) is 23.5 Å². The normalized spacial score (nSPS) is 18.0. The zero-order chi connectivity index (χ0) is 45.9. The van der Waals surface area contributed by atoms with E-state index in [9.17, 15) is 23.8 Å². The third-order valence-electron chi connectivity index (χ3n) is 12.8. The Kier molecular flexibility index (Phi) is 15.4. The van der Waals surface area contributed by atoms with E-state index in [1.807, 2.05) is 17.0 Å². The van der Waals surface area contributed by atoms with Crippen LogP contribution in [0.25, 0.3) is 11.1 Å². The maximum absolute atomic E-state index is 14.6. The molecule has 2 aromatic heterocycles. The third-order valence-corrected chi connectivity index (χ3v) is 13.1. The summed E-state index contributed by atoms with van der Waals surface area (Å²) in [6.45, 7) is 11.3. The van der Waals surface area contributed by atoms with Crippen molar-refractivity contribution in [2.75, 3.05) is 49.6 Å². The molecule has 0 unspecified atom stereocenters. The third kappa shape index (κ3) is 10.8. The number of fused-ring (bicyclic) bond motifs is 1. The first-order valence-corrected chi connectivity index (χ1v) is 22.1. The van der Waals surface area contributed by atoms with Crippen molar-refractivity contribution in [3.05, 3.63) is 99.7 Å². The van der Waals surface area contributed by atoms with Gasteiger partial charge in [-0.3, -0.25) is 14.9 Å². The molecular weight excluding hydrogens is 1030 g/mol. The quantitative estimate of drug-likeness (QED) is 0.0786. The van der Waals surface area contributed by atoms with Crippen LogP contribution in [0, 0.1) is 33.6 Å². The van der Waals surface area contributed by atoms with Crippen molar-refractivity contribution < 1.29 is 38.2 Å². The van der Waals surface area contributed by atoms with Gasteiger partial charge >= 0.3 is 25.8 Å². The Morgan fingerprint density at radius 3 is 2.34 bits per heavy atom. The number of hydrogen-bond acceptors (Lipinski definition) is 9. The second kappa shape index (κ2) is 20.4. The molecule has 3 amide bonds. The van der Waals surface area contributed by atoms with Crippen LogP contribution in [0.1, 0.15) is 93.3 Å². The molecule has 2 aromatic carbocycles. The van der Waals surface area contributed by atoms with Crippen LogP contribution in [0.4, 0.5) is 25.2 Å². The molecule has 1 saturated carbocycles. The number of carbonyl (C=O) groups is 2. The van der Waals surface area contributed by atoms with Crippen LogP contribution < -0.4 is 25.8 Å². The van der Waals surface area contributed by atoms with E-state index in [4.69, 9.17) is 16.9 Å². The van der Waals surface area contributed by atoms with Crippen molar-refractivity contribution in [2.45, 2.75) is 84.7 Å². The molecule has 345 valence electrons. The standard InChI is InChI=1S/C40H53F2N11O2.C7H3ClN.Os/c1-39(2)23-40(3,4)36(39)49-35(54)25-18-45-37(46-19-25)51-13-9-27(10-14-51)48-31-11-15-52(38(55)44-5)22-30(31)34(43)53-12-7-8-24-16-28(26-20-47-50(6)21-26)29(33(41)42)17-32(24)53;8-7-4-2-1-3-6(7)5-9;/h16-21,27,33,36,43,48H,7-15,22-23H2,1-6H3,(H,44,55)(H,49,54);1,3-4H;/q;-1;+1. The van der Waals surface area contributed by atoms with Crippen LogP contribution in [-0.4, -0.2) is 94.3 Å².